The number of thiazole rings is 1. The second-order valence-corrected chi connectivity index (χ2v) is 7.20. The maximum Gasteiger partial charge on any atom is 0.309 e. The Labute approximate surface area is 186 Å². The van der Waals surface area contributed by atoms with Gasteiger partial charge in [-0.15, -0.1) is 16.4 Å². The molecule has 0 aliphatic heterocycles. The lowest BCUT2D eigenvalue weighted by atomic mass is 10.3. The summed E-state index contributed by atoms with van der Waals surface area (Å²) in [5.41, 5.74) is 0.490. The van der Waals surface area contributed by atoms with Gasteiger partial charge < -0.3 is 20.0 Å². The van der Waals surface area contributed by atoms with Gasteiger partial charge in [0.05, 0.1) is 24.9 Å². The predicted octanol–water partition coefficient (Wildman–Crippen LogP) is 3.27. The number of para-hydroxylation sites is 2. The van der Waals surface area contributed by atoms with Gasteiger partial charge in [-0.05, 0) is 36.4 Å². The van der Waals surface area contributed by atoms with Gasteiger partial charge in [0, 0.05) is 5.38 Å². The quantitative estimate of drug-likeness (QED) is 0.372. The van der Waals surface area contributed by atoms with Crippen molar-refractivity contribution in [1.29, 1.82) is 0 Å². The van der Waals surface area contributed by atoms with E-state index in [4.69, 9.17) is 14.7 Å². The molecule has 0 fully saturated rings. The van der Waals surface area contributed by atoms with Crippen molar-refractivity contribution in [3.8, 4) is 11.5 Å². The van der Waals surface area contributed by atoms with Crippen molar-refractivity contribution in [2.45, 2.75) is 12.8 Å². The fourth-order valence-electron chi connectivity index (χ4n) is 2.59. The number of carbonyl (C=O) groups excluding carboxylic acids is 2. The summed E-state index contributed by atoms with van der Waals surface area (Å²) in [6, 6.07) is 11.6. The number of carboxylic acids is 1. The number of aliphatic carboxylic acids is 1. The molecule has 0 unspecified atom stereocenters. The van der Waals surface area contributed by atoms with Gasteiger partial charge in [-0.3, -0.25) is 14.4 Å². The van der Waals surface area contributed by atoms with Gasteiger partial charge >= 0.3 is 5.97 Å². The highest BCUT2D eigenvalue weighted by atomic mass is 32.1. The normalized spacial score (nSPS) is 10.3. The summed E-state index contributed by atoms with van der Waals surface area (Å²) in [7, 11) is 1.44. The second kappa shape index (κ2) is 10.4. The number of hydroxylamine groups is 1. The zero-order chi connectivity index (χ0) is 23.1. The number of methoxy groups -OCH3 is 1. The summed E-state index contributed by atoms with van der Waals surface area (Å²) in [5, 5.41) is 13.8. The lowest BCUT2D eigenvalue weighted by molar-refractivity contribution is -0.136. The number of benzene rings is 2. The smallest absolute Gasteiger partial charge is 0.309 e. The van der Waals surface area contributed by atoms with E-state index in [0.29, 0.717) is 5.75 Å². The molecule has 0 saturated heterocycles. The lowest BCUT2D eigenvalue weighted by Crippen LogP contribution is -2.36. The molecular formula is C21H18FN3O6S. The molecule has 0 saturated carbocycles. The Kier molecular flexibility index (Phi) is 7.34. The topological polar surface area (TPSA) is 118 Å². The molecule has 0 atom stereocenters. The first-order valence-corrected chi connectivity index (χ1v) is 10.1. The van der Waals surface area contributed by atoms with Crippen LogP contribution in [0.15, 0.2) is 53.9 Å². The number of hydrogen-bond acceptors (Lipinski definition) is 7. The Morgan fingerprint density at radius 2 is 1.81 bits per heavy atom. The number of carbonyl (C=O) groups is 3. The predicted molar refractivity (Wildman–Crippen MR) is 114 cm³/mol. The van der Waals surface area contributed by atoms with E-state index in [1.165, 1.54) is 24.6 Å². The van der Waals surface area contributed by atoms with Crippen LogP contribution in [0.4, 0.5) is 15.2 Å². The van der Waals surface area contributed by atoms with Crippen LogP contribution in [0.1, 0.15) is 12.1 Å². The molecule has 2 aromatic carbocycles. The van der Waals surface area contributed by atoms with Crippen LogP contribution in [0, 0.1) is 5.82 Å². The van der Waals surface area contributed by atoms with Crippen LogP contribution >= 0.6 is 11.3 Å². The molecule has 1 aromatic heterocycles. The van der Waals surface area contributed by atoms with Crippen molar-refractivity contribution >= 4 is 39.9 Å². The molecule has 1 heterocycles. The van der Waals surface area contributed by atoms with Gasteiger partial charge in [-0.2, -0.15) is 0 Å². The zero-order valence-electron chi connectivity index (χ0n) is 16.8. The molecular weight excluding hydrogens is 441 g/mol. The highest BCUT2D eigenvalue weighted by Gasteiger charge is 2.23. The number of ether oxygens (including phenoxy) is 1. The van der Waals surface area contributed by atoms with Crippen molar-refractivity contribution in [2.24, 2.45) is 0 Å². The van der Waals surface area contributed by atoms with Crippen LogP contribution in [-0.2, 0) is 20.8 Å². The zero-order valence-corrected chi connectivity index (χ0v) is 17.6. The van der Waals surface area contributed by atoms with E-state index in [0.717, 1.165) is 28.5 Å². The van der Waals surface area contributed by atoms with Gasteiger partial charge in [0.25, 0.3) is 5.91 Å². The van der Waals surface area contributed by atoms with E-state index in [-0.39, 0.29) is 28.7 Å². The first-order valence-electron chi connectivity index (χ1n) is 9.21. The van der Waals surface area contributed by atoms with Crippen LogP contribution in [0.3, 0.4) is 0 Å². The van der Waals surface area contributed by atoms with E-state index >= 15 is 0 Å². The first-order chi connectivity index (χ1) is 15.4. The Morgan fingerprint density at radius 3 is 2.47 bits per heavy atom. The molecule has 3 rings (SSSR count). The largest absolute Gasteiger partial charge is 0.493 e. The minimum atomic E-state index is -1.05. The summed E-state index contributed by atoms with van der Waals surface area (Å²) < 4.78 is 18.6. The number of aromatic nitrogens is 1. The fraction of sp³-hybridized carbons (Fsp3) is 0.143. The number of halogens is 1. The van der Waals surface area contributed by atoms with E-state index in [9.17, 15) is 18.8 Å². The Bertz CT molecular complexity index is 1120. The summed E-state index contributed by atoms with van der Waals surface area (Å²) in [5.74, 6) is -2.40. The Morgan fingerprint density at radius 1 is 1.12 bits per heavy atom. The van der Waals surface area contributed by atoms with E-state index in [2.05, 4.69) is 10.3 Å². The van der Waals surface area contributed by atoms with E-state index in [1.54, 1.807) is 24.3 Å². The third kappa shape index (κ3) is 6.01. The third-order valence-corrected chi connectivity index (χ3v) is 4.80. The van der Waals surface area contributed by atoms with Gasteiger partial charge in [-0.1, -0.05) is 12.1 Å². The SMILES string of the molecule is COc1ccccc1ON(C(=O)CC(=O)Nc1nc(CC(=O)O)cs1)c1ccc(F)cc1. The Hall–Kier alpha value is -3.99. The van der Waals surface area contributed by atoms with Crippen LogP contribution in [0.25, 0.3) is 0 Å². The van der Waals surface area contributed by atoms with Crippen LogP contribution in [0.5, 0.6) is 11.5 Å². The molecule has 0 radical (unpaired) electrons. The molecule has 2 N–H and O–H groups in total. The van der Waals surface area contributed by atoms with Crippen molar-refractivity contribution < 1.29 is 33.5 Å². The summed E-state index contributed by atoms with van der Waals surface area (Å²) in [6.45, 7) is 0. The highest BCUT2D eigenvalue weighted by Crippen LogP contribution is 2.29. The maximum absolute atomic E-state index is 13.4. The number of amides is 2. The van der Waals surface area contributed by atoms with E-state index in [1.807, 2.05) is 0 Å². The molecule has 0 bridgehead atoms. The molecule has 3 aromatic rings. The van der Waals surface area contributed by atoms with Gasteiger partial charge in [-0.25, -0.2) is 9.37 Å². The highest BCUT2D eigenvalue weighted by molar-refractivity contribution is 7.13. The number of anilines is 2. The Balaban J connectivity index is 1.75. The number of carboxylic acid groups (broad SMARTS) is 1. The van der Waals surface area contributed by atoms with Gasteiger partial charge in [0.15, 0.2) is 16.6 Å². The van der Waals surface area contributed by atoms with Crippen molar-refractivity contribution in [3.05, 3.63) is 65.4 Å². The van der Waals surface area contributed by atoms with Crippen LogP contribution < -0.4 is 20.0 Å². The molecule has 0 aliphatic carbocycles. The van der Waals surface area contributed by atoms with E-state index < -0.39 is 30.0 Å². The molecule has 11 heteroatoms. The molecule has 32 heavy (non-hydrogen) atoms. The van der Waals surface area contributed by atoms with Crippen molar-refractivity contribution in [3.63, 3.8) is 0 Å². The van der Waals surface area contributed by atoms with Crippen molar-refractivity contribution in [2.75, 3.05) is 17.5 Å². The number of hydrogen-bond donors (Lipinski definition) is 2. The average Bonchev–Trinajstić information content (AvgIpc) is 3.18. The van der Waals surface area contributed by atoms with Crippen LogP contribution in [-0.4, -0.2) is 35.0 Å². The number of rotatable bonds is 9. The molecule has 166 valence electrons. The summed E-state index contributed by atoms with van der Waals surface area (Å²) >= 11 is 1.04. The standard InChI is InChI=1S/C21H18FN3O6S/c1-30-16-4-2-3-5-17(16)31-25(15-8-6-13(22)7-9-15)19(27)11-18(26)24-21-23-14(12-32-21)10-20(28)29/h2-9,12H,10-11H2,1H3,(H,28,29)(H,23,24,26). The summed E-state index contributed by atoms with van der Waals surface area (Å²) in [4.78, 5) is 45.7. The minimum absolute atomic E-state index is 0.165. The molecule has 0 spiro atoms. The third-order valence-electron chi connectivity index (χ3n) is 3.99. The fourth-order valence-corrected chi connectivity index (χ4v) is 3.32. The monoisotopic (exact) mass is 459 g/mol. The number of nitrogens with one attached hydrogen (secondary N) is 1. The van der Waals surface area contributed by atoms with Gasteiger partial charge in [0.2, 0.25) is 5.91 Å². The average molecular weight is 459 g/mol. The molecule has 0 aliphatic rings. The number of nitrogens with zero attached hydrogens (tertiary/aromatic N) is 2. The molecule has 9 nitrogen and oxygen atoms in total. The second-order valence-electron chi connectivity index (χ2n) is 6.35. The van der Waals surface area contributed by atoms with Crippen molar-refractivity contribution in [1.82, 2.24) is 4.98 Å². The van der Waals surface area contributed by atoms with Crippen LogP contribution in [0.2, 0.25) is 0 Å². The molecule has 2 amide bonds. The minimum Gasteiger partial charge on any atom is -0.493 e. The lowest BCUT2D eigenvalue weighted by Gasteiger charge is -2.23. The summed E-state index contributed by atoms with van der Waals surface area (Å²) in [6.07, 6.45) is -0.892. The van der Waals surface area contributed by atoms with Gasteiger partial charge in [0.1, 0.15) is 12.2 Å². The maximum atomic E-state index is 13.4. The first kappa shape index (κ1) is 22.7.